The van der Waals surface area contributed by atoms with Crippen LogP contribution in [0.5, 0.6) is 0 Å². The number of amides is 1. The highest BCUT2D eigenvalue weighted by Gasteiger charge is 2.53. The Morgan fingerprint density at radius 3 is 2.40 bits per heavy atom. The van der Waals surface area contributed by atoms with Crippen molar-refractivity contribution in [2.24, 2.45) is 0 Å². The molecule has 1 aromatic rings. The van der Waals surface area contributed by atoms with Gasteiger partial charge in [-0.25, -0.2) is 13.2 Å². The second kappa shape index (κ2) is 8.14. The van der Waals surface area contributed by atoms with E-state index in [2.05, 4.69) is 4.98 Å². The number of aliphatic carboxylic acids is 1. The van der Waals surface area contributed by atoms with Crippen molar-refractivity contribution >= 4 is 21.9 Å². The number of carbonyl (C=O) groups excluding carboxylic acids is 1. The number of pyridine rings is 1. The molecule has 8 nitrogen and oxygen atoms in total. The van der Waals surface area contributed by atoms with Gasteiger partial charge in [0, 0.05) is 18.7 Å². The average Bonchev–Trinajstić information content (AvgIpc) is 3.35. The van der Waals surface area contributed by atoms with Gasteiger partial charge in [-0.1, -0.05) is 6.07 Å². The zero-order valence-electron chi connectivity index (χ0n) is 16.2. The number of carboxylic acids is 1. The monoisotopic (exact) mass is 449 g/mol. The van der Waals surface area contributed by atoms with Crippen LogP contribution in [-0.4, -0.2) is 69.6 Å². The molecule has 0 unspecified atom stereocenters. The molecule has 166 valence electrons. The number of aromatic nitrogens is 1. The molecule has 3 fully saturated rings. The highest BCUT2D eigenvalue weighted by Crippen LogP contribution is 2.40. The number of hydrogen-bond donors (Lipinski definition) is 1. The summed E-state index contributed by atoms with van der Waals surface area (Å²) in [7, 11) is -3.21. The van der Waals surface area contributed by atoms with Gasteiger partial charge < -0.3 is 10.0 Å². The van der Waals surface area contributed by atoms with Crippen molar-refractivity contribution in [2.75, 3.05) is 6.54 Å². The highest BCUT2D eigenvalue weighted by molar-refractivity contribution is 7.90. The van der Waals surface area contributed by atoms with Crippen molar-refractivity contribution in [3.63, 3.8) is 0 Å². The first-order chi connectivity index (χ1) is 13.9. The largest absolute Gasteiger partial charge is 0.490 e. The van der Waals surface area contributed by atoms with Gasteiger partial charge in [-0.05, 0) is 38.3 Å². The summed E-state index contributed by atoms with van der Waals surface area (Å²) in [4.78, 5) is 27.6. The Labute approximate surface area is 171 Å². The van der Waals surface area contributed by atoms with Crippen LogP contribution >= 0.6 is 0 Å². The molecule has 1 saturated carbocycles. The lowest BCUT2D eigenvalue weighted by atomic mass is 10.1. The van der Waals surface area contributed by atoms with Crippen LogP contribution in [0.3, 0.4) is 0 Å². The van der Waals surface area contributed by atoms with Crippen molar-refractivity contribution in [1.82, 2.24) is 14.2 Å². The fraction of sp³-hybridized carbons (Fsp3) is 0.611. The summed E-state index contributed by atoms with van der Waals surface area (Å²) < 4.78 is 58.4. The van der Waals surface area contributed by atoms with E-state index in [1.54, 1.807) is 4.31 Å². The minimum absolute atomic E-state index is 0.00154. The molecule has 4 rings (SSSR count). The zero-order valence-corrected chi connectivity index (χ0v) is 17.0. The maximum Gasteiger partial charge on any atom is 0.490 e. The first-order valence-corrected chi connectivity index (χ1v) is 10.9. The van der Waals surface area contributed by atoms with E-state index in [9.17, 15) is 26.4 Å². The first kappa shape index (κ1) is 22.5. The third-order valence-electron chi connectivity index (χ3n) is 5.36. The average molecular weight is 449 g/mol. The predicted octanol–water partition coefficient (Wildman–Crippen LogP) is 1.69. The number of carbonyl (C=O) groups is 2. The normalized spacial score (nSPS) is 24.4. The highest BCUT2D eigenvalue weighted by atomic mass is 32.2. The van der Waals surface area contributed by atoms with Gasteiger partial charge >= 0.3 is 12.1 Å². The summed E-state index contributed by atoms with van der Waals surface area (Å²) in [6.45, 7) is 2.94. The summed E-state index contributed by atoms with van der Waals surface area (Å²) in [5, 5.41) is 6.92. The number of aryl methyl sites for hydroxylation is 1. The van der Waals surface area contributed by atoms with Crippen LogP contribution in [0.15, 0.2) is 18.2 Å². The van der Waals surface area contributed by atoms with Gasteiger partial charge in [-0.2, -0.15) is 17.5 Å². The van der Waals surface area contributed by atoms with E-state index in [1.165, 1.54) is 0 Å². The Balaban J connectivity index is 0.000000318. The van der Waals surface area contributed by atoms with Gasteiger partial charge in [0.25, 0.3) is 0 Å². The Bertz CT molecular complexity index is 933. The van der Waals surface area contributed by atoms with Crippen LogP contribution in [0.25, 0.3) is 0 Å². The molecule has 1 N–H and O–H groups in total. The second-order valence-electron chi connectivity index (χ2n) is 7.58. The lowest BCUT2D eigenvalue weighted by Gasteiger charge is -2.25. The van der Waals surface area contributed by atoms with Gasteiger partial charge in [0.2, 0.25) is 15.9 Å². The molecule has 1 amide bonds. The molecule has 0 aromatic carbocycles. The number of carboxylic acid groups (broad SMARTS) is 1. The number of fused-ring (bicyclic) bond motifs is 1. The maximum absolute atomic E-state index is 12.5. The van der Waals surface area contributed by atoms with Gasteiger partial charge in [0.05, 0.1) is 29.6 Å². The summed E-state index contributed by atoms with van der Waals surface area (Å²) in [5.41, 5.74) is 1.79. The van der Waals surface area contributed by atoms with E-state index in [-0.39, 0.29) is 23.2 Å². The van der Waals surface area contributed by atoms with E-state index in [0.29, 0.717) is 19.5 Å². The summed E-state index contributed by atoms with van der Waals surface area (Å²) in [6.07, 6.45) is -2.52. The number of hydrogen-bond acceptors (Lipinski definition) is 5. The topological polar surface area (TPSA) is 108 Å². The van der Waals surface area contributed by atoms with Crippen LogP contribution in [0.4, 0.5) is 13.2 Å². The number of alkyl halides is 3. The number of sulfonamides is 1. The molecular weight excluding hydrogens is 427 g/mol. The van der Waals surface area contributed by atoms with Crippen molar-refractivity contribution in [1.29, 1.82) is 0 Å². The number of likely N-dealkylation sites (tertiary alicyclic amines) is 1. The summed E-state index contributed by atoms with van der Waals surface area (Å²) >= 11 is 0. The lowest BCUT2D eigenvalue weighted by Crippen LogP contribution is -2.41. The SMILES string of the molecule is Cc1cccc(CN2C(=O)C[C@@H]3[C@@H]2CCN3S(=O)(=O)C2CC2)n1.O=C(O)C(F)(F)F. The molecule has 0 spiro atoms. The molecule has 2 saturated heterocycles. The summed E-state index contributed by atoms with van der Waals surface area (Å²) in [5.74, 6) is -2.72. The molecule has 2 atom stereocenters. The molecule has 1 aromatic heterocycles. The minimum Gasteiger partial charge on any atom is -0.475 e. The van der Waals surface area contributed by atoms with Crippen LogP contribution in [0.1, 0.15) is 37.1 Å². The van der Waals surface area contributed by atoms with Crippen molar-refractivity contribution in [3.8, 4) is 0 Å². The standard InChI is InChI=1S/C16H21N3O3S.C2HF3O2/c1-11-3-2-4-12(17-11)10-18-14-7-8-19(15(14)9-16(18)20)23(21,22)13-5-6-13;3-2(4,5)1(6)7/h2-4,13-15H,5-10H2,1H3;(H,6,7)/t14-,15+;/m0./s1. The Morgan fingerprint density at radius 1 is 1.23 bits per heavy atom. The predicted molar refractivity (Wildman–Crippen MR) is 98.7 cm³/mol. The van der Waals surface area contributed by atoms with E-state index in [1.807, 2.05) is 30.0 Å². The molecule has 0 bridgehead atoms. The van der Waals surface area contributed by atoms with E-state index in [4.69, 9.17) is 9.90 Å². The Morgan fingerprint density at radius 2 is 1.87 bits per heavy atom. The van der Waals surface area contributed by atoms with Gasteiger partial charge in [0.1, 0.15) is 0 Å². The van der Waals surface area contributed by atoms with Crippen molar-refractivity contribution < 1.29 is 36.3 Å². The van der Waals surface area contributed by atoms with Crippen molar-refractivity contribution in [3.05, 3.63) is 29.6 Å². The molecule has 12 heteroatoms. The molecule has 0 radical (unpaired) electrons. The molecule has 3 heterocycles. The molecule has 2 aliphatic heterocycles. The quantitative estimate of drug-likeness (QED) is 0.750. The van der Waals surface area contributed by atoms with Crippen LogP contribution < -0.4 is 0 Å². The van der Waals surface area contributed by atoms with Crippen molar-refractivity contribution in [2.45, 2.75) is 62.7 Å². The molecule has 3 aliphatic rings. The second-order valence-corrected chi connectivity index (χ2v) is 9.74. The molecule has 1 aliphatic carbocycles. The van der Waals surface area contributed by atoms with Gasteiger partial charge in [0.15, 0.2) is 0 Å². The Hall–Kier alpha value is -2.21. The van der Waals surface area contributed by atoms with E-state index < -0.39 is 22.2 Å². The van der Waals surface area contributed by atoms with E-state index in [0.717, 1.165) is 30.7 Å². The Kier molecular flexibility index (Phi) is 6.10. The number of rotatable bonds is 4. The number of nitrogens with zero attached hydrogens (tertiary/aromatic N) is 3. The minimum atomic E-state index is -5.08. The molecule has 30 heavy (non-hydrogen) atoms. The lowest BCUT2D eigenvalue weighted by molar-refractivity contribution is -0.192. The third kappa shape index (κ3) is 4.75. The van der Waals surface area contributed by atoms with Crippen LogP contribution in [-0.2, 0) is 26.2 Å². The third-order valence-corrected chi connectivity index (χ3v) is 7.78. The van der Waals surface area contributed by atoms with Gasteiger partial charge in [-0.15, -0.1) is 0 Å². The van der Waals surface area contributed by atoms with E-state index >= 15 is 0 Å². The first-order valence-electron chi connectivity index (χ1n) is 9.44. The molecular formula is C18H22F3N3O5S. The number of halogens is 3. The van der Waals surface area contributed by atoms with Crippen LogP contribution in [0.2, 0.25) is 0 Å². The smallest absolute Gasteiger partial charge is 0.475 e. The summed E-state index contributed by atoms with van der Waals surface area (Å²) in [6, 6.07) is 5.60. The fourth-order valence-electron chi connectivity index (χ4n) is 3.83. The van der Waals surface area contributed by atoms with Crippen LogP contribution in [0, 0.1) is 6.92 Å². The maximum atomic E-state index is 12.5. The zero-order chi connectivity index (χ0) is 22.3. The fourth-order valence-corrected chi connectivity index (χ4v) is 5.90. The van der Waals surface area contributed by atoms with Gasteiger partial charge in [-0.3, -0.25) is 9.78 Å².